The van der Waals surface area contributed by atoms with E-state index >= 15 is 0 Å². The van der Waals surface area contributed by atoms with E-state index in [1.54, 1.807) is 6.07 Å². The standard InChI is InChI=1S/C15H15ClN2O4/c16-11-7-13-12(20-3-4-21-13)5-10(11)6-14-17-15(18-22-14)9-1-2-19-8-9/h5,7,9H,1-4,6,8H2. The lowest BCUT2D eigenvalue weighted by Crippen LogP contribution is -2.15. The topological polar surface area (TPSA) is 66.6 Å². The summed E-state index contributed by atoms with van der Waals surface area (Å²) in [6.07, 6.45) is 1.40. The molecule has 0 radical (unpaired) electrons. The SMILES string of the molecule is Clc1cc2c(cc1Cc1nc(C3CCOC3)no1)OCCO2. The Kier molecular flexibility index (Phi) is 3.63. The van der Waals surface area contributed by atoms with E-state index < -0.39 is 0 Å². The van der Waals surface area contributed by atoms with Gasteiger partial charge in [-0.3, -0.25) is 0 Å². The number of benzene rings is 1. The van der Waals surface area contributed by atoms with Crippen molar-refractivity contribution in [2.75, 3.05) is 26.4 Å². The Bertz CT molecular complexity index is 682. The highest BCUT2D eigenvalue weighted by Crippen LogP contribution is 2.36. The van der Waals surface area contributed by atoms with Crippen LogP contribution in [0, 0.1) is 0 Å². The van der Waals surface area contributed by atoms with E-state index in [2.05, 4.69) is 10.1 Å². The first kappa shape index (κ1) is 13.8. The molecule has 116 valence electrons. The van der Waals surface area contributed by atoms with E-state index in [-0.39, 0.29) is 5.92 Å². The molecule has 0 aliphatic carbocycles. The van der Waals surface area contributed by atoms with Crippen LogP contribution in [0.2, 0.25) is 5.02 Å². The van der Waals surface area contributed by atoms with Gasteiger partial charge in [0.05, 0.1) is 13.0 Å². The first-order valence-corrected chi connectivity index (χ1v) is 7.65. The number of rotatable bonds is 3. The van der Waals surface area contributed by atoms with Crippen molar-refractivity contribution in [3.63, 3.8) is 0 Å². The predicted molar refractivity (Wildman–Crippen MR) is 77.7 cm³/mol. The Balaban J connectivity index is 1.55. The summed E-state index contributed by atoms with van der Waals surface area (Å²) in [6.45, 7) is 2.49. The maximum atomic E-state index is 6.30. The van der Waals surface area contributed by atoms with Gasteiger partial charge in [-0.2, -0.15) is 4.98 Å². The van der Waals surface area contributed by atoms with E-state index in [1.807, 2.05) is 6.07 Å². The van der Waals surface area contributed by atoms with Crippen molar-refractivity contribution in [2.45, 2.75) is 18.8 Å². The van der Waals surface area contributed by atoms with Gasteiger partial charge in [-0.15, -0.1) is 0 Å². The molecule has 1 atom stereocenters. The van der Waals surface area contributed by atoms with Gasteiger partial charge >= 0.3 is 0 Å². The zero-order chi connectivity index (χ0) is 14.9. The average Bonchev–Trinajstić information content (AvgIpc) is 3.18. The summed E-state index contributed by atoms with van der Waals surface area (Å²) in [5.41, 5.74) is 0.879. The lowest BCUT2D eigenvalue weighted by Gasteiger charge is -2.19. The zero-order valence-corrected chi connectivity index (χ0v) is 12.6. The monoisotopic (exact) mass is 322 g/mol. The minimum Gasteiger partial charge on any atom is -0.486 e. The van der Waals surface area contributed by atoms with Crippen LogP contribution in [0.5, 0.6) is 11.5 Å². The maximum Gasteiger partial charge on any atom is 0.231 e. The van der Waals surface area contributed by atoms with E-state index in [0.29, 0.717) is 54.5 Å². The quantitative estimate of drug-likeness (QED) is 0.865. The molecule has 22 heavy (non-hydrogen) atoms. The zero-order valence-electron chi connectivity index (χ0n) is 11.9. The molecule has 0 saturated carbocycles. The lowest BCUT2D eigenvalue weighted by atomic mass is 10.1. The Morgan fingerprint density at radius 1 is 1.14 bits per heavy atom. The average molecular weight is 323 g/mol. The van der Waals surface area contributed by atoms with Crippen LogP contribution in [0.15, 0.2) is 16.7 Å². The number of nitrogens with zero attached hydrogens (tertiary/aromatic N) is 2. The molecule has 4 rings (SSSR count). The summed E-state index contributed by atoms with van der Waals surface area (Å²) in [4.78, 5) is 4.45. The normalized spacial score (nSPS) is 20.3. The fraction of sp³-hybridized carbons (Fsp3) is 0.467. The minimum absolute atomic E-state index is 0.230. The first-order valence-electron chi connectivity index (χ1n) is 7.28. The largest absolute Gasteiger partial charge is 0.486 e. The summed E-state index contributed by atoms with van der Waals surface area (Å²) in [6, 6.07) is 3.65. The third kappa shape index (κ3) is 2.64. The van der Waals surface area contributed by atoms with Gasteiger partial charge in [0, 0.05) is 23.6 Å². The maximum absolute atomic E-state index is 6.30. The molecule has 2 aliphatic rings. The Morgan fingerprint density at radius 2 is 1.95 bits per heavy atom. The van der Waals surface area contributed by atoms with Gasteiger partial charge in [0.15, 0.2) is 17.3 Å². The van der Waals surface area contributed by atoms with Gasteiger partial charge in [0.25, 0.3) is 0 Å². The second-order valence-corrected chi connectivity index (χ2v) is 5.78. The molecule has 1 aromatic carbocycles. The lowest BCUT2D eigenvalue weighted by molar-refractivity contribution is 0.171. The predicted octanol–water partition coefficient (Wildman–Crippen LogP) is 2.59. The molecule has 6 nitrogen and oxygen atoms in total. The fourth-order valence-corrected chi connectivity index (χ4v) is 2.87. The highest BCUT2D eigenvalue weighted by atomic mass is 35.5. The van der Waals surface area contributed by atoms with Gasteiger partial charge in [0.1, 0.15) is 13.2 Å². The molecule has 0 bridgehead atoms. The Hall–Kier alpha value is -1.79. The first-order chi connectivity index (χ1) is 10.8. The van der Waals surface area contributed by atoms with Crippen molar-refractivity contribution in [1.82, 2.24) is 10.1 Å². The van der Waals surface area contributed by atoms with E-state index in [1.165, 1.54) is 0 Å². The third-order valence-electron chi connectivity index (χ3n) is 3.83. The van der Waals surface area contributed by atoms with Crippen LogP contribution in [-0.4, -0.2) is 36.6 Å². The van der Waals surface area contributed by atoms with Gasteiger partial charge in [0.2, 0.25) is 5.89 Å². The van der Waals surface area contributed by atoms with Gasteiger partial charge < -0.3 is 18.7 Å². The summed E-state index contributed by atoms with van der Waals surface area (Å²) in [5.74, 6) is 2.86. The highest BCUT2D eigenvalue weighted by molar-refractivity contribution is 6.31. The molecule has 0 amide bonds. The Morgan fingerprint density at radius 3 is 2.73 bits per heavy atom. The number of hydrogen-bond acceptors (Lipinski definition) is 6. The molecule has 1 unspecified atom stereocenters. The molecule has 1 fully saturated rings. The molecule has 2 aliphatic heterocycles. The second-order valence-electron chi connectivity index (χ2n) is 5.37. The van der Waals surface area contributed by atoms with Crippen molar-refractivity contribution >= 4 is 11.6 Å². The summed E-state index contributed by atoms with van der Waals surface area (Å²) in [7, 11) is 0. The van der Waals surface area contributed by atoms with Crippen LogP contribution in [0.1, 0.15) is 29.6 Å². The van der Waals surface area contributed by atoms with Crippen LogP contribution in [0.25, 0.3) is 0 Å². The summed E-state index contributed by atoms with van der Waals surface area (Å²) < 4.78 is 21.8. The molecular formula is C15H15ClN2O4. The third-order valence-corrected chi connectivity index (χ3v) is 4.18. The molecule has 3 heterocycles. The number of halogens is 1. The molecular weight excluding hydrogens is 308 g/mol. The van der Waals surface area contributed by atoms with Crippen LogP contribution >= 0.6 is 11.6 Å². The highest BCUT2D eigenvalue weighted by Gasteiger charge is 2.23. The van der Waals surface area contributed by atoms with Crippen molar-refractivity contribution in [2.24, 2.45) is 0 Å². The van der Waals surface area contributed by atoms with Crippen LogP contribution in [0.4, 0.5) is 0 Å². The van der Waals surface area contributed by atoms with E-state index in [9.17, 15) is 0 Å². The fourth-order valence-electron chi connectivity index (χ4n) is 2.65. The Labute approximate surface area is 132 Å². The van der Waals surface area contributed by atoms with Crippen molar-refractivity contribution in [3.05, 3.63) is 34.4 Å². The van der Waals surface area contributed by atoms with E-state index in [0.717, 1.165) is 18.6 Å². The van der Waals surface area contributed by atoms with Gasteiger partial charge in [-0.25, -0.2) is 0 Å². The smallest absolute Gasteiger partial charge is 0.231 e. The van der Waals surface area contributed by atoms with Gasteiger partial charge in [-0.05, 0) is 18.1 Å². The summed E-state index contributed by atoms with van der Waals surface area (Å²) >= 11 is 6.30. The van der Waals surface area contributed by atoms with Crippen LogP contribution in [-0.2, 0) is 11.2 Å². The molecule has 1 saturated heterocycles. The molecule has 0 N–H and O–H groups in total. The van der Waals surface area contributed by atoms with Gasteiger partial charge in [-0.1, -0.05) is 16.8 Å². The van der Waals surface area contributed by atoms with Crippen molar-refractivity contribution < 1.29 is 18.7 Å². The summed E-state index contributed by atoms with van der Waals surface area (Å²) in [5, 5.41) is 4.65. The molecule has 1 aromatic heterocycles. The van der Waals surface area contributed by atoms with Crippen molar-refractivity contribution in [1.29, 1.82) is 0 Å². The molecule has 7 heteroatoms. The number of hydrogen-bond donors (Lipinski definition) is 0. The number of ether oxygens (including phenoxy) is 3. The number of aromatic nitrogens is 2. The van der Waals surface area contributed by atoms with Crippen molar-refractivity contribution in [3.8, 4) is 11.5 Å². The van der Waals surface area contributed by atoms with Crippen LogP contribution < -0.4 is 9.47 Å². The number of fused-ring (bicyclic) bond motifs is 1. The molecule has 0 spiro atoms. The van der Waals surface area contributed by atoms with Crippen LogP contribution in [0.3, 0.4) is 0 Å². The van der Waals surface area contributed by atoms with E-state index in [4.69, 9.17) is 30.3 Å². The molecule has 2 aromatic rings. The second kappa shape index (κ2) is 5.78. The minimum atomic E-state index is 0.230.